The zero-order chi connectivity index (χ0) is 11.2. The first-order valence-electron chi connectivity index (χ1n) is 3.96. The van der Waals surface area contributed by atoms with E-state index in [-0.39, 0.29) is 16.8 Å². The van der Waals surface area contributed by atoms with Crippen LogP contribution in [0.25, 0.3) is 10.9 Å². The second-order valence-corrected chi connectivity index (χ2v) is 4.31. The molecule has 15 heavy (non-hydrogen) atoms. The number of nitrogens with one attached hydrogen (secondary N) is 1. The first-order chi connectivity index (χ1) is 6.88. The van der Waals surface area contributed by atoms with Gasteiger partial charge in [-0.25, -0.2) is 0 Å². The van der Waals surface area contributed by atoms with Crippen LogP contribution in [0.3, 0.4) is 0 Å². The lowest BCUT2D eigenvalue weighted by molar-refractivity contribution is -0.136. The van der Waals surface area contributed by atoms with E-state index in [2.05, 4.69) is 4.98 Å². The summed E-state index contributed by atoms with van der Waals surface area (Å²) in [4.78, 5) is 2.46. The summed E-state index contributed by atoms with van der Waals surface area (Å²) in [6.07, 6.45) is -4.41. The first-order valence-corrected chi connectivity index (χ1v) is 5.04. The number of hydrogen-bond acceptors (Lipinski definition) is 1. The van der Waals surface area contributed by atoms with Gasteiger partial charge in [-0.05, 0) is 34.7 Å². The second kappa shape index (κ2) is 3.29. The summed E-state index contributed by atoms with van der Waals surface area (Å²) < 4.78 is 38.3. The predicted octanol–water partition coefficient (Wildman–Crippen LogP) is 3.50. The van der Waals surface area contributed by atoms with Gasteiger partial charge in [-0.15, -0.1) is 0 Å². The Kier molecular flexibility index (Phi) is 2.32. The molecule has 0 spiro atoms. The molecule has 2 aromatic rings. The van der Waals surface area contributed by atoms with E-state index in [9.17, 15) is 13.2 Å². The Labute approximate surface area is 96.2 Å². The van der Waals surface area contributed by atoms with Crippen LogP contribution in [0.2, 0.25) is 0 Å². The molecule has 1 aromatic carbocycles. The van der Waals surface area contributed by atoms with Crippen LogP contribution >= 0.6 is 22.6 Å². The average Bonchev–Trinajstić information content (AvgIpc) is 2.41. The zero-order valence-corrected chi connectivity index (χ0v) is 9.35. The maximum atomic E-state index is 12.6. The minimum absolute atomic E-state index is 0.0135. The van der Waals surface area contributed by atoms with Crippen LogP contribution in [0.5, 0.6) is 5.88 Å². The number of fused-ring (bicyclic) bond motifs is 1. The lowest BCUT2D eigenvalue weighted by Gasteiger charge is -2.08. The number of H-pyrrole nitrogens is 1. The molecule has 2 rings (SSSR count). The zero-order valence-electron chi connectivity index (χ0n) is 7.19. The number of rotatable bonds is 0. The van der Waals surface area contributed by atoms with Crippen molar-refractivity contribution in [1.82, 2.24) is 4.98 Å². The Bertz CT molecular complexity index is 518. The predicted molar refractivity (Wildman–Crippen MR) is 57.7 cm³/mol. The van der Waals surface area contributed by atoms with Crippen molar-refractivity contribution >= 4 is 33.5 Å². The normalized spacial score (nSPS) is 12.3. The fourth-order valence-corrected chi connectivity index (χ4v) is 2.05. The van der Waals surface area contributed by atoms with Gasteiger partial charge < -0.3 is 10.1 Å². The molecular weight excluding hydrogens is 322 g/mol. The Hall–Kier alpha value is -0.920. The van der Waals surface area contributed by atoms with Crippen molar-refractivity contribution in [3.63, 3.8) is 0 Å². The molecule has 0 aliphatic carbocycles. The van der Waals surface area contributed by atoms with Crippen LogP contribution in [0, 0.1) is 3.57 Å². The third-order valence-electron chi connectivity index (χ3n) is 1.99. The Balaban J connectivity index is 2.82. The molecule has 0 aliphatic heterocycles. The van der Waals surface area contributed by atoms with Gasteiger partial charge in [-0.1, -0.05) is 0 Å². The van der Waals surface area contributed by atoms with E-state index >= 15 is 0 Å². The smallest absolute Gasteiger partial charge is 0.417 e. The summed E-state index contributed by atoms with van der Waals surface area (Å²) in [7, 11) is 0. The quantitative estimate of drug-likeness (QED) is 0.714. The van der Waals surface area contributed by atoms with Crippen molar-refractivity contribution in [2.24, 2.45) is 0 Å². The van der Waals surface area contributed by atoms with Crippen LogP contribution in [0.15, 0.2) is 18.2 Å². The van der Waals surface area contributed by atoms with Crippen molar-refractivity contribution in [2.45, 2.75) is 6.18 Å². The number of alkyl halides is 3. The second-order valence-electron chi connectivity index (χ2n) is 3.07. The van der Waals surface area contributed by atoms with E-state index in [0.29, 0.717) is 3.57 Å². The highest BCUT2D eigenvalue weighted by molar-refractivity contribution is 14.1. The fourth-order valence-electron chi connectivity index (χ4n) is 1.42. The fraction of sp³-hybridized carbons (Fsp3) is 0.111. The van der Waals surface area contributed by atoms with E-state index in [0.717, 1.165) is 12.1 Å². The molecule has 2 N–H and O–H groups in total. The van der Waals surface area contributed by atoms with E-state index in [1.54, 1.807) is 28.7 Å². The summed E-state index contributed by atoms with van der Waals surface area (Å²) in [5.74, 6) is -0.266. The lowest BCUT2D eigenvalue weighted by atomic mass is 10.1. The molecule has 1 heterocycles. The van der Waals surface area contributed by atoms with Crippen LogP contribution in [-0.4, -0.2) is 10.1 Å². The summed E-state index contributed by atoms with van der Waals surface area (Å²) in [6, 6.07) is 3.68. The summed E-state index contributed by atoms with van der Waals surface area (Å²) in [5.41, 5.74) is -0.451. The highest BCUT2D eigenvalue weighted by atomic mass is 127. The highest BCUT2D eigenvalue weighted by Gasteiger charge is 2.33. The van der Waals surface area contributed by atoms with Crippen LogP contribution in [-0.2, 0) is 6.18 Å². The van der Waals surface area contributed by atoms with Gasteiger partial charge in [0.25, 0.3) is 0 Å². The van der Waals surface area contributed by atoms with Gasteiger partial charge in [0.05, 0.1) is 5.56 Å². The van der Waals surface area contributed by atoms with Gasteiger partial charge >= 0.3 is 6.18 Å². The number of benzene rings is 1. The first kappa shape index (κ1) is 10.6. The number of hydrogen-bond donors (Lipinski definition) is 2. The molecule has 0 unspecified atom stereocenters. The molecule has 0 amide bonds. The Morgan fingerprint density at radius 2 is 1.87 bits per heavy atom. The number of halogens is 4. The third-order valence-corrected chi connectivity index (χ3v) is 2.62. The largest absolute Gasteiger partial charge is 0.495 e. The van der Waals surface area contributed by atoms with E-state index < -0.39 is 11.7 Å². The summed E-state index contributed by atoms with van der Waals surface area (Å²) in [6.45, 7) is 0. The van der Waals surface area contributed by atoms with Crippen LogP contribution < -0.4 is 0 Å². The maximum absolute atomic E-state index is 12.6. The monoisotopic (exact) mass is 327 g/mol. The molecule has 0 atom stereocenters. The van der Waals surface area contributed by atoms with E-state index in [1.165, 1.54) is 0 Å². The third kappa shape index (κ3) is 1.90. The molecule has 0 saturated heterocycles. The summed E-state index contributed by atoms with van der Waals surface area (Å²) >= 11 is 1.80. The Morgan fingerprint density at radius 3 is 2.47 bits per heavy atom. The van der Waals surface area contributed by atoms with Crippen molar-refractivity contribution in [1.29, 1.82) is 0 Å². The average molecular weight is 327 g/mol. The van der Waals surface area contributed by atoms with Crippen molar-refractivity contribution in [3.05, 3.63) is 27.3 Å². The van der Waals surface area contributed by atoms with Gasteiger partial charge in [0.15, 0.2) is 5.88 Å². The topological polar surface area (TPSA) is 36.0 Å². The van der Waals surface area contributed by atoms with Crippen LogP contribution in [0.1, 0.15) is 5.56 Å². The molecule has 0 saturated carbocycles. The molecule has 0 bridgehead atoms. The van der Waals surface area contributed by atoms with Gasteiger partial charge in [-0.3, -0.25) is 0 Å². The molecule has 0 aliphatic rings. The highest BCUT2D eigenvalue weighted by Crippen LogP contribution is 2.37. The molecule has 6 heteroatoms. The van der Waals surface area contributed by atoms with Crippen molar-refractivity contribution < 1.29 is 18.3 Å². The van der Waals surface area contributed by atoms with Gasteiger partial charge in [0, 0.05) is 20.5 Å². The molecule has 0 radical (unpaired) electrons. The minimum Gasteiger partial charge on any atom is -0.495 e. The number of aromatic nitrogens is 1. The lowest BCUT2D eigenvalue weighted by Crippen LogP contribution is -2.05. The van der Waals surface area contributed by atoms with Crippen LogP contribution in [0.4, 0.5) is 13.2 Å². The molecule has 1 aromatic heterocycles. The van der Waals surface area contributed by atoms with Gasteiger partial charge in [-0.2, -0.15) is 13.2 Å². The van der Waals surface area contributed by atoms with Gasteiger partial charge in [0.2, 0.25) is 0 Å². The number of aromatic hydroxyl groups is 1. The molecule has 0 fully saturated rings. The standard InChI is InChI=1S/C9H5F3INO/c10-9(11,12)6-1-4(13)2-7-5(6)3-8(15)14-7/h1-3,14-15H. The Morgan fingerprint density at radius 1 is 1.20 bits per heavy atom. The molecule has 80 valence electrons. The maximum Gasteiger partial charge on any atom is 0.417 e. The van der Waals surface area contributed by atoms with Gasteiger partial charge in [0.1, 0.15) is 0 Å². The summed E-state index contributed by atoms with van der Waals surface area (Å²) in [5, 5.41) is 9.10. The molecular formula is C9H5F3INO. The SMILES string of the molecule is Oc1cc2c(C(F)(F)F)cc(I)cc2[nH]1. The number of aromatic amines is 1. The van der Waals surface area contributed by atoms with E-state index in [4.69, 9.17) is 5.11 Å². The van der Waals surface area contributed by atoms with Crippen molar-refractivity contribution in [3.8, 4) is 5.88 Å². The molecule has 2 nitrogen and oxygen atoms in total. The minimum atomic E-state index is -4.41. The van der Waals surface area contributed by atoms with E-state index in [1.807, 2.05) is 0 Å². The van der Waals surface area contributed by atoms with Crippen molar-refractivity contribution in [2.75, 3.05) is 0 Å².